The highest BCUT2D eigenvalue weighted by Gasteiger charge is 2.43. The van der Waals surface area contributed by atoms with Gasteiger partial charge in [-0.15, -0.1) is 6.58 Å². The number of hydrogen-bond acceptors (Lipinski definition) is 7. The number of hydrogen-bond donors (Lipinski definition) is 2. The lowest BCUT2D eigenvalue weighted by atomic mass is 9.84. The normalized spacial score (nSPS) is 26.7. The number of amides is 1. The summed E-state index contributed by atoms with van der Waals surface area (Å²) < 4.78 is 11.2. The van der Waals surface area contributed by atoms with Crippen LogP contribution < -0.4 is 9.47 Å². The molecule has 3 aliphatic rings. The molecular formula is C30H47N3O5. The Morgan fingerprint density at radius 2 is 1.97 bits per heavy atom. The number of aliphatic hydroxyl groups excluding tert-OH is 2. The van der Waals surface area contributed by atoms with E-state index in [1.54, 1.807) is 0 Å². The molecule has 2 fully saturated rings. The number of fused-ring (bicyclic) bond motifs is 1. The third-order valence-corrected chi connectivity index (χ3v) is 8.46. The number of aliphatic hydroxyl groups is 2. The lowest BCUT2D eigenvalue weighted by Gasteiger charge is -2.31. The first-order valence-corrected chi connectivity index (χ1v) is 14.3. The van der Waals surface area contributed by atoms with E-state index in [0.29, 0.717) is 19.5 Å². The van der Waals surface area contributed by atoms with Gasteiger partial charge in [0, 0.05) is 57.2 Å². The van der Waals surface area contributed by atoms with E-state index in [1.165, 1.54) is 5.56 Å². The van der Waals surface area contributed by atoms with Crippen LogP contribution in [-0.4, -0.2) is 95.8 Å². The highest BCUT2D eigenvalue weighted by molar-refractivity contribution is 5.78. The Morgan fingerprint density at radius 1 is 1.21 bits per heavy atom. The van der Waals surface area contributed by atoms with Crippen molar-refractivity contribution in [3.8, 4) is 11.5 Å². The molecule has 1 aromatic carbocycles. The molecule has 0 aromatic heterocycles. The average Bonchev–Trinajstić information content (AvgIpc) is 3.56. The van der Waals surface area contributed by atoms with Crippen LogP contribution in [0.25, 0.3) is 0 Å². The molecule has 0 saturated carbocycles. The number of carbonyl (C=O) groups excluding carboxylic acids is 1. The van der Waals surface area contributed by atoms with Crippen molar-refractivity contribution in [2.75, 3.05) is 52.7 Å². The summed E-state index contributed by atoms with van der Waals surface area (Å²) in [7, 11) is 0. The van der Waals surface area contributed by atoms with Crippen molar-refractivity contribution in [3.05, 3.63) is 36.4 Å². The largest absolute Gasteiger partial charge is 0.454 e. The van der Waals surface area contributed by atoms with Gasteiger partial charge in [-0.2, -0.15) is 0 Å². The number of unbranched alkanes of at least 4 members (excludes halogenated alkanes) is 1. The zero-order chi connectivity index (χ0) is 27.3. The van der Waals surface area contributed by atoms with Crippen LogP contribution >= 0.6 is 0 Å². The smallest absolute Gasteiger partial charge is 0.236 e. The van der Waals surface area contributed by atoms with Crippen LogP contribution in [-0.2, 0) is 4.79 Å². The van der Waals surface area contributed by atoms with E-state index in [-0.39, 0.29) is 42.6 Å². The molecule has 0 spiro atoms. The fourth-order valence-corrected chi connectivity index (χ4v) is 6.49. The summed E-state index contributed by atoms with van der Waals surface area (Å²) >= 11 is 0. The molecule has 212 valence electrons. The molecule has 0 aliphatic carbocycles. The zero-order valence-corrected chi connectivity index (χ0v) is 23.5. The van der Waals surface area contributed by atoms with Gasteiger partial charge in [-0.1, -0.05) is 39.3 Å². The summed E-state index contributed by atoms with van der Waals surface area (Å²) in [4.78, 5) is 20.0. The molecule has 2 saturated heterocycles. The first-order valence-electron chi connectivity index (χ1n) is 14.3. The highest BCUT2D eigenvalue weighted by atomic mass is 16.7. The van der Waals surface area contributed by atoms with Crippen molar-refractivity contribution in [1.82, 2.24) is 14.7 Å². The summed E-state index contributed by atoms with van der Waals surface area (Å²) in [6, 6.07) is 6.30. The Hall–Kier alpha value is -2.13. The average molecular weight is 530 g/mol. The molecule has 4 rings (SSSR count). The highest BCUT2D eigenvalue weighted by Crippen LogP contribution is 2.43. The Kier molecular flexibility index (Phi) is 9.74. The fraction of sp³-hybridized carbons (Fsp3) is 0.700. The molecule has 3 heterocycles. The lowest BCUT2D eigenvalue weighted by molar-refractivity contribution is -0.133. The third kappa shape index (κ3) is 6.71. The van der Waals surface area contributed by atoms with E-state index in [1.807, 2.05) is 11.0 Å². The Bertz CT molecular complexity index is 946. The van der Waals surface area contributed by atoms with Gasteiger partial charge in [-0.3, -0.25) is 14.6 Å². The van der Waals surface area contributed by atoms with Crippen LogP contribution in [0.15, 0.2) is 30.9 Å². The van der Waals surface area contributed by atoms with Gasteiger partial charge in [-0.05, 0) is 48.8 Å². The van der Waals surface area contributed by atoms with E-state index >= 15 is 0 Å². The minimum absolute atomic E-state index is 0.0848. The first kappa shape index (κ1) is 28.9. The third-order valence-electron chi connectivity index (χ3n) is 8.46. The standard InChI is InChI=1S/C30H47N3O5/c1-5-7-12-31(13-8-15-34)29(36)19-33-18-24(22-9-10-26-27(16-22)38-21-37-26)23(6-2)25(33)11-14-32-20-30(3,4)17-28(32)35/h6,9-10,16,23-25,28,34-35H,2,5,7-8,11-15,17-21H2,1,3-4H3/t23-,24-,25+,28?/m1/s1. The van der Waals surface area contributed by atoms with Gasteiger partial charge in [0.1, 0.15) is 6.23 Å². The summed E-state index contributed by atoms with van der Waals surface area (Å²) in [5, 5.41) is 20.0. The topological polar surface area (TPSA) is 85.7 Å². The zero-order valence-electron chi connectivity index (χ0n) is 23.5. The molecule has 3 aliphatic heterocycles. The molecule has 8 nitrogen and oxygen atoms in total. The summed E-state index contributed by atoms with van der Waals surface area (Å²) in [5.41, 5.74) is 1.27. The second-order valence-corrected chi connectivity index (χ2v) is 11.9. The van der Waals surface area contributed by atoms with Crippen molar-refractivity contribution in [2.45, 2.75) is 71.1 Å². The maximum absolute atomic E-state index is 13.5. The second kappa shape index (κ2) is 12.8. The molecule has 0 bridgehead atoms. The van der Waals surface area contributed by atoms with Crippen molar-refractivity contribution >= 4 is 5.91 Å². The van der Waals surface area contributed by atoms with Crippen LogP contribution in [0.5, 0.6) is 11.5 Å². The van der Waals surface area contributed by atoms with Gasteiger partial charge in [-0.25, -0.2) is 0 Å². The van der Waals surface area contributed by atoms with Gasteiger partial charge < -0.3 is 24.6 Å². The van der Waals surface area contributed by atoms with Crippen molar-refractivity contribution < 1.29 is 24.5 Å². The van der Waals surface area contributed by atoms with E-state index < -0.39 is 6.23 Å². The van der Waals surface area contributed by atoms with Crippen molar-refractivity contribution in [3.63, 3.8) is 0 Å². The van der Waals surface area contributed by atoms with Crippen molar-refractivity contribution in [2.24, 2.45) is 11.3 Å². The maximum atomic E-state index is 13.5. The van der Waals surface area contributed by atoms with Gasteiger partial charge in [0.25, 0.3) is 0 Å². The Morgan fingerprint density at radius 3 is 2.66 bits per heavy atom. The molecule has 2 N–H and O–H groups in total. The summed E-state index contributed by atoms with van der Waals surface area (Å²) in [5.74, 6) is 2.01. The molecule has 1 aromatic rings. The Balaban J connectivity index is 1.54. The van der Waals surface area contributed by atoms with E-state index in [2.05, 4.69) is 55.4 Å². The predicted molar refractivity (Wildman–Crippen MR) is 148 cm³/mol. The van der Waals surface area contributed by atoms with Gasteiger partial charge in [0.05, 0.1) is 6.54 Å². The van der Waals surface area contributed by atoms with Gasteiger partial charge in [0.15, 0.2) is 11.5 Å². The van der Waals surface area contributed by atoms with Gasteiger partial charge in [0.2, 0.25) is 12.7 Å². The second-order valence-electron chi connectivity index (χ2n) is 11.9. The monoisotopic (exact) mass is 529 g/mol. The molecule has 4 atom stereocenters. The van der Waals surface area contributed by atoms with Crippen molar-refractivity contribution in [1.29, 1.82) is 0 Å². The lowest BCUT2D eigenvalue weighted by Crippen LogP contribution is -2.45. The fourth-order valence-electron chi connectivity index (χ4n) is 6.49. The minimum atomic E-state index is -0.420. The van der Waals surface area contributed by atoms with Crippen LogP contribution in [0, 0.1) is 11.3 Å². The SMILES string of the molecule is C=C[C@@H]1[C@@H](c2ccc3c(c2)OCO3)CN(CC(=O)N(CCCC)CCCO)[C@H]1CCN1CC(C)(C)CC1O. The number of likely N-dealkylation sites (tertiary alicyclic amines) is 2. The minimum Gasteiger partial charge on any atom is -0.454 e. The summed E-state index contributed by atoms with van der Waals surface area (Å²) in [6.07, 6.45) is 5.83. The number of nitrogens with zero attached hydrogens (tertiary/aromatic N) is 3. The molecule has 8 heteroatoms. The van der Waals surface area contributed by atoms with E-state index in [9.17, 15) is 15.0 Å². The molecule has 38 heavy (non-hydrogen) atoms. The van der Waals surface area contributed by atoms with Crippen LogP contribution in [0.2, 0.25) is 0 Å². The van der Waals surface area contributed by atoms with Crippen LogP contribution in [0.1, 0.15) is 64.4 Å². The quantitative estimate of drug-likeness (QED) is 0.379. The number of rotatable bonds is 13. The maximum Gasteiger partial charge on any atom is 0.236 e. The molecule has 0 radical (unpaired) electrons. The molecule has 1 amide bonds. The number of benzene rings is 1. The van der Waals surface area contributed by atoms with Gasteiger partial charge >= 0.3 is 0 Å². The summed E-state index contributed by atoms with van der Waals surface area (Å²) in [6.45, 7) is 15.1. The Labute approximate surface area is 228 Å². The van der Waals surface area contributed by atoms with E-state index in [4.69, 9.17) is 9.47 Å². The van der Waals surface area contributed by atoms with Crippen LogP contribution in [0.4, 0.5) is 0 Å². The predicted octanol–water partition coefficient (Wildman–Crippen LogP) is 3.44. The molecular weight excluding hydrogens is 482 g/mol. The number of carbonyl (C=O) groups is 1. The number of ether oxygens (including phenoxy) is 2. The first-order chi connectivity index (χ1) is 18.3. The molecule has 1 unspecified atom stereocenters. The van der Waals surface area contributed by atoms with E-state index in [0.717, 1.165) is 63.4 Å². The van der Waals surface area contributed by atoms with Crippen LogP contribution in [0.3, 0.4) is 0 Å².